The van der Waals surface area contributed by atoms with Gasteiger partial charge in [-0.1, -0.05) is 6.07 Å². The largest absolute Gasteiger partial charge is 0.396 e. The van der Waals surface area contributed by atoms with Gasteiger partial charge in [0.2, 0.25) is 11.8 Å². The summed E-state index contributed by atoms with van der Waals surface area (Å²) in [5, 5.41) is 17.1. The van der Waals surface area contributed by atoms with Crippen LogP contribution in [0.3, 0.4) is 0 Å². The molecular formula is C20H26N6O3. The van der Waals surface area contributed by atoms with E-state index in [1.807, 2.05) is 17.0 Å². The molecule has 9 heteroatoms. The van der Waals surface area contributed by atoms with Crippen LogP contribution in [0.25, 0.3) is 0 Å². The molecule has 154 valence electrons. The SMILES string of the molecule is Cn1ccc(NC(=O)CN2C[C@H]3CN(C(=O)Cc4cccnc4)C[C@@]3(CO)C2)n1. The summed E-state index contributed by atoms with van der Waals surface area (Å²) in [5.41, 5.74) is 0.524. The number of carbonyl (C=O) groups excluding carboxylic acids is 2. The number of aryl methyl sites for hydroxylation is 1. The Balaban J connectivity index is 1.33. The zero-order valence-corrected chi connectivity index (χ0v) is 16.5. The third-order valence-electron chi connectivity index (χ3n) is 5.92. The number of hydrogen-bond donors (Lipinski definition) is 2. The highest BCUT2D eigenvalue weighted by Crippen LogP contribution is 2.42. The van der Waals surface area contributed by atoms with Gasteiger partial charge in [-0.15, -0.1) is 0 Å². The number of rotatable bonds is 6. The monoisotopic (exact) mass is 398 g/mol. The van der Waals surface area contributed by atoms with Gasteiger partial charge in [0.05, 0.1) is 19.6 Å². The second kappa shape index (κ2) is 7.92. The molecule has 2 aliphatic heterocycles. The van der Waals surface area contributed by atoms with E-state index in [1.54, 1.807) is 36.4 Å². The topological polar surface area (TPSA) is 104 Å². The lowest BCUT2D eigenvalue weighted by atomic mass is 9.82. The predicted molar refractivity (Wildman–Crippen MR) is 106 cm³/mol. The second-order valence-corrected chi connectivity index (χ2v) is 8.12. The highest BCUT2D eigenvalue weighted by Gasteiger charge is 2.53. The molecule has 2 atom stereocenters. The zero-order chi connectivity index (χ0) is 20.4. The van der Waals surface area contributed by atoms with Crippen LogP contribution in [-0.2, 0) is 23.1 Å². The van der Waals surface area contributed by atoms with E-state index in [1.165, 1.54) is 0 Å². The number of pyridine rings is 1. The molecule has 9 nitrogen and oxygen atoms in total. The molecule has 0 aliphatic carbocycles. The third-order valence-corrected chi connectivity index (χ3v) is 5.92. The first-order chi connectivity index (χ1) is 14.0. The minimum absolute atomic E-state index is 0.00665. The summed E-state index contributed by atoms with van der Waals surface area (Å²) in [6.45, 7) is 2.67. The van der Waals surface area contributed by atoms with Crippen LogP contribution >= 0.6 is 0 Å². The van der Waals surface area contributed by atoms with Gasteiger partial charge < -0.3 is 15.3 Å². The Morgan fingerprint density at radius 2 is 2.17 bits per heavy atom. The quantitative estimate of drug-likeness (QED) is 0.696. The molecular weight excluding hydrogens is 372 g/mol. The van der Waals surface area contributed by atoms with E-state index in [0.717, 1.165) is 5.56 Å². The van der Waals surface area contributed by atoms with Crippen LogP contribution in [0.4, 0.5) is 5.82 Å². The van der Waals surface area contributed by atoms with Gasteiger partial charge >= 0.3 is 0 Å². The summed E-state index contributed by atoms with van der Waals surface area (Å²) in [6.07, 6.45) is 5.48. The number of aliphatic hydroxyl groups excluding tert-OH is 1. The van der Waals surface area contributed by atoms with E-state index < -0.39 is 0 Å². The molecule has 0 aromatic carbocycles. The summed E-state index contributed by atoms with van der Waals surface area (Å²) < 4.78 is 1.63. The Labute approximate surface area is 169 Å². The first-order valence-electron chi connectivity index (χ1n) is 9.77. The van der Waals surface area contributed by atoms with Crippen LogP contribution in [0.5, 0.6) is 0 Å². The molecule has 0 radical (unpaired) electrons. The average molecular weight is 398 g/mol. The van der Waals surface area contributed by atoms with Crippen molar-refractivity contribution in [2.75, 3.05) is 44.6 Å². The Morgan fingerprint density at radius 1 is 1.31 bits per heavy atom. The molecule has 29 heavy (non-hydrogen) atoms. The molecule has 2 aliphatic rings. The van der Waals surface area contributed by atoms with Crippen LogP contribution < -0.4 is 5.32 Å². The smallest absolute Gasteiger partial charge is 0.239 e. The summed E-state index contributed by atoms with van der Waals surface area (Å²) in [4.78, 5) is 33.0. The molecule has 2 saturated heterocycles. The summed E-state index contributed by atoms with van der Waals surface area (Å²) >= 11 is 0. The lowest BCUT2D eigenvalue weighted by molar-refractivity contribution is -0.130. The van der Waals surface area contributed by atoms with Crippen molar-refractivity contribution in [1.29, 1.82) is 0 Å². The molecule has 0 saturated carbocycles. The number of hydrogen-bond acceptors (Lipinski definition) is 6. The van der Waals surface area contributed by atoms with Crippen LogP contribution in [0.1, 0.15) is 5.56 Å². The van der Waals surface area contributed by atoms with Gasteiger partial charge in [-0.3, -0.25) is 24.2 Å². The highest BCUT2D eigenvalue weighted by molar-refractivity contribution is 5.91. The average Bonchev–Trinajstić information content (AvgIpc) is 3.35. The van der Waals surface area contributed by atoms with Gasteiger partial charge in [-0.05, 0) is 17.5 Å². The molecule has 2 aromatic heterocycles. The van der Waals surface area contributed by atoms with Crippen LogP contribution in [0.2, 0.25) is 0 Å². The number of fused-ring (bicyclic) bond motifs is 1. The molecule has 2 N–H and O–H groups in total. The normalized spacial score (nSPS) is 23.9. The molecule has 4 heterocycles. The number of amides is 2. The molecule has 4 rings (SSSR count). The first-order valence-corrected chi connectivity index (χ1v) is 9.77. The van der Waals surface area contributed by atoms with Gasteiger partial charge in [-0.2, -0.15) is 5.10 Å². The van der Waals surface area contributed by atoms with Crippen molar-refractivity contribution in [2.45, 2.75) is 6.42 Å². The molecule has 2 amide bonds. The number of nitrogens with zero attached hydrogens (tertiary/aromatic N) is 5. The van der Waals surface area contributed by atoms with Crippen molar-refractivity contribution in [2.24, 2.45) is 18.4 Å². The van der Waals surface area contributed by atoms with Crippen molar-refractivity contribution < 1.29 is 14.7 Å². The Bertz CT molecular complexity index is 885. The number of aromatic nitrogens is 3. The maximum Gasteiger partial charge on any atom is 0.239 e. The summed E-state index contributed by atoms with van der Waals surface area (Å²) in [7, 11) is 1.80. The van der Waals surface area contributed by atoms with E-state index in [0.29, 0.717) is 38.4 Å². The van der Waals surface area contributed by atoms with E-state index in [4.69, 9.17) is 0 Å². The van der Waals surface area contributed by atoms with Crippen molar-refractivity contribution in [1.82, 2.24) is 24.6 Å². The van der Waals surface area contributed by atoms with Crippen LogP contribution in [-0.4, -0.2) is 80.8 Å². The Morgan fingerprint density at radius 3 is 2.83 bits per heavy atom. The fourth-order valence-corrected chi connectivity index (χ4v) is 4.48. The lowest BCUT2D eigenvalue weighted by Crippen LogP contribution is -2.41. The van der Waals surface area contributed by atoms with E-state index in [9.17, 15) is 14.7 Å². The third kappa shape index (κ3) is 4.15. The maximum absolute atomic E-state index is 12.7. The predicted octanol–water partition coefficient (Wildman–Crippen LogP) is -0.251. The van der Waals surface area contributed by atoms with Crippen molar-refractivity contribution in [3.8, 4) is 0 Å². The second-order valence-electron chi connectivity index (χ2n) is 8.12. The minimum Gasteiger partial charge on any atom is -0.396 e. The molecule has 2 aromatic rings. The number of aliphatic hydroxyl groups is 1. The summed E-state index contributed by atoms with van der Waals surface area (Å²) in [6, 6.07) is 5.47. The van der Waals surface area contributed by atoms with Crippen molar-refractivity contribution in [3.05, 3.63) is 42.4 Å². The molecule has 0 bridgehead atoms. The zero-order valence-electron chi connectivity index (χ0n) is 16.5. The Kier molecular flexibility index (Phi) is 5.33. The fraction of sp³-hybridized carbons (Fsp3) is 0.500. The van der Waals surface area contributed by atoms with Crippen LogP contribution in [0.15, 0.2) is 36.8 Å². The standard InChI is InChI=1S/C20H26N6O3/c1-24-6-4-17(23-24)22-18(28)11-25-9-16-10-26(13-20(16,12-25)14-27)19(29)7-15-3-2-5-21-8-15/h2-6,8,16,27H,7,9-14H2,1H3,(H,22,23,28)/t16-,20+/m0/s1. The first kappa shape index (κ1) is 19.5. The fourth-order valence-electron chi connectivity index (χ4n) is 4.48. The van der Waals surface area contributed by atoms with Gasteiger partial charge in [-0.25, -0.2) is 0 Å². The van der Waals surface area contributed by atoms with Gasteiger partial charge in [0.15, 0.2) is 5.82 Å². The van der Waals surface area contributed by atoms with Gasteiger partial charge in [0, 0.05) is 63.3 Å². The number of likely N-dealkylation sites (tertiary alicyclic amines) is 2. The van der Waals surface area contributed by atoms with E-state index in [-0.39, 0.29) is 36.3 Å². The lowest BCUT2D eigenvalue weighted by Gasteiger charge is -2.27. The number of carbonyl (C=O) groups is 2. The Hall–Kier alpha value is -2.78. The maximum atomic E-state index is 12.7. The number of anilines is 1. The van der Waals surface area contributed by atoms with Crippen molar-refractivity contribution >= 4 is 17.6 Å². The van der Waals surface area contributed by atoms with Gasteiger partial charge in [0.1, 0.15) is 0 Å². The number of nitrogens with one attached hydrogen (secondary N) is 1. The molecule has 2 fully saturated rings. The molecule has 0 unspecified atom stereocenters. The summed E-state index contributed by atoms with van der Waals surface area (Å²) in [5.74, 6) is 0.620. The van der Waals surface area contributed by atoms with E-state index in [2.05, 4.69) is 20.3 Å². The van der Waals surface area contributed by atoms with E-state index >= 15 is 0 Å². The van der Waals surface area contributed by atoms with Crippen LogP contribution in [0, 0.1) is 11.3 Å². The molecule has 0 spiro atoms. The highest BCUT2D eigenvalue weighted by atomic mass is 16.3. The minimum atomic E-state index is -0.365. The van der Waals surface area contributed by atoms with Gasteiger partial charge in [0.25, 0.3) is 0 Å². The van der Waals surface area contributed by atoms with Crippen molar-refractivity contribution in [3.63, 3.8) is 0 Å².